The van der Waals surface area contributed by atoms with Crippen LogP contribution in [0.25, 0.3) is 0 Å². The first-order valence-corrected chi connectivity index (χ1v) is 6.52. The van der Waals surface area contributed by atoms with Crippen molar-refractivity contribution in [3.05, 3.63) is 69.7 Å². The van der Waals surface area contributed by atoms with Gasteiger partial charge in [-0.15, -0.1) is 0 Å². The van der Waals surface area contributed by atoms with Gasteiger partial charge in [-0.3, -0.25) is 0 Å². The first-order chi connectivity index (χ1) is 8.58. The van der Waals surface area contributed by atoms with Crippen molar-refractivity contribution >= 4 is 11.6 Å². The highest BCUT2D eigenvalue weighted by atomic mass is 35.5. The van der Waals surface area contributed by atoms with Gasteiger partial charge in [0.05, 0.1) is 0 Å². The summed E-state index contributed by atoms with van der Waals surface area (Å²) in [4.78, 5) is 0. The van der Waals surface area contributed by atoms with Crippen LogP contribution in [-0.2, 0) is 6.42 Å². The van der Waals surface area contributed by atoms with Crippen LogP contribution in [0.1, 0.15) is 28.3 Å². The zero-order valence-electron chi connectivity index (χ0n) is 10.8. The highest BCUT2D eigenvalue weighted by Gasteiger charge is 2.13. The SMILES string of the molecule is Cc1cc(C)c(Cl)c(C(N)Cc2ccccc2)c1. The van der Waals surface area contributed by atoms with Crippen molar-refractivity contribution in [3.8, 4) is 0 Å². The predicted octanol–water partition coefficient (Wildman–Crippen LogP) is 4.20. The minimum atomic E-state index is -0.0569. The fourth-order valence-electron chi connectivity index (χ4n) is 2.23. The minimum absolute atomic E-state index is 0.0569. The van der Waals surface area contributed by atoms with Crippen LogP contribution in [-0.4, -0.2) is 0 Å². The maximum Gasteiger partial charge on any atom is 0.0483 e. The molecule has 0 aromatic heterocycles. The molecular weight excluding hydrogens is 242 g/mol. The zero-order valence-corrected chi connectivity index (χ0v) is 11.5. The van der Waals surface area contributed by atoms with Crippen molar-refractivity contribution in [2.45, 2.75) is 26.3 Å². The predicted molar refractivity (Wildman–Crippen MR) is 78.0 cm³/mol. The Labute approximate surface area is 114 Å². The summed E-state index contributed by atoms with van der Waals surface area (Å²) in [5.74, 6) is 0. The molecule has 18 heavy (non-hydrogen) atoms. The monoisotopic (exact) mass is 259 g/mol. The highest BCUT2D eigenvalue weighted by molar-refractivity contribution is 6.32. The topological polar surface area (TPSA) is 26.0 Å². The lowest BCUT2D eigenvalue weighted by Gasteiger charge is -2.16. The van der Waals surface area contributed by atoms with Gasteiger partial charge in [-0.25, -0.2) is 0 Å². The average Bonchev–Trinajstić information content (AvgIpc) is 2.35. The molecule has 2 aromatic rings. The van der Waals surface area contributed by atoms with Gasteiger partial charge in [0.1, 0.15) is 0 Å². The van der Waals surface area contributed by atoms with E-state index in [9.17, 15) is 0 Å². The number of hydrogen-bond donors (Lipinski definition) is 1. The molecule has 1 nitrogen and oxygen atoms in total. The van der Waals surface area contributed by atoms with Crippen LogP contribution in [0.5, 0.6) is 0 Å². The molecule has 0 aliphatic carbocycles. The Morgan fingerprint density at radius 3 is 2.44 bits per heavy atom. The standard InChI is InChI=1S/C16H18ClN/c1-11-8-12(2)16(17)14(9-11)15(18)10-13-6-4-3-5-7-13/h3-9,15H,10,18H2,1-2H3. The van der Waals surface area contributed by atoms with E-state index in [-0.39, 0.29) is 6.04 Å². The second-order valence-corrected chi connectivity index (χ2v) is 5.16. The molecule has 0 heterocycles. The van der Waals surface area contributed by atoms with Gasteiger partial charge in [-0.1, -0.05) is 59.6 Å². The summed E-state index contributed by atoms with van der Waals surface area (Å²) in [7, 11) is 0. The summed E-state index contributed by atoms with van der Waals surface area (Å²) in [6.07, 6.45) is 0.809. The second kappa shape index (κ2) is 5.55. The molecule has 1 unspecified atom stereocenters. The molecule has 2 heteroatoms. The number of rotatable bonds is 3. The first kappa shape index (κ1) is 13.1. The Bertz CT molecular complexity index is 534. The smallest absolute Gasteiger partial charge is 0.0483 e. The molecule has 0 radical (unpaired) electrons. The summed E-state index contributed by atoms with van der Waals surface area (Å²) in [6.45, 7) is 4.09. The Balaban J connectivity index is 2.26. The third-order valence-corrected chi connectivity index (χ3v) is 3.64. The van der Waals surface area contributed by atoms with Crippen molar-refractivity contribution in [1.29, 1.82) is 0 Å². The Morgan fingerprint density at radius 1 is 1.11 bits per heavy atom. The van der Waals surface area contributed by atoms with Crippen LogP contribution >= 0.6 is 11.6 Å². The average molecular weight is 260 g/mol. The first-order valence-electron chi connectivity index (χ1n) is 6.14. The molecule has 0 saturated heterocycles. The van der Waals surface area contributed by atoms with Gasteiger partial charge < -0.3 is 5.73 Å². The van der Waals surface area contributed by atoms with Gasteiger partial charge in [0.15, 0.2) is 0 Å². The maximum atomic E-state index is 6.35. The molecule has 94 valence electrons. The molecule has 0 fully saturated rings. The van der Waals surface area contributed by atoms with Crippen molar-refractivity contribution in [2.75, 3.05) is 0 Å². The van der Waals surface area contributed by atoms with E-state index in [0.717, 1.165) is 22.6 Å². The van der Waals surface area contributed by atoms with E-state index in [4.69, 9.17) is 17.3 Å². The van der Waals surface area contributed by atoms with Crippen LogP contribution in [0.3, 0.4) is 0 Å². The van der Waals surface area contributed by atoms with E-state index >= 15 is 0 Å². The van der Waals surface area contributed by atoms with Crippen LogP contribution in [0, 0.1) is 13.8 Å². The van der Waals surface area contributed by atoms with E-state index in [1.165, 1.54) is 11.1 Å². The Hall–Kier alpha value is -1.31. The van der Waals surface area contributed by atoms with Gasteiger partial charge in [-0.2, -0.15) is 0 Å². The van der Waals surface area contributed by atoms with Crippen molar-refractivity contribution in [1.82, 2.24) is 0 Å². The minimum Gasteiger partial charge on any atom is -0.324 e. The van der Waals surface area contributed by atoms with E-state index < -0.39 is 0 Å². The molecular formula is C16H18ClN. The molecule has 2 N–H and O–H groups in total. The normalized spacial score (nSPS) is 12.4. The van der Waals surface area contributed by atoms with Gasteiger partial charge in [0, 0.05) is 11.1 Å². The maximum absolute atomic E-state index is 6.35. The quantitative estimate of drug-likeness (QED) is 0.878. The number of halogens is 1. The van der Waals surface area contributed by atoms with Gasteiger partial charge >= 0.3 is 0 Å². The van der Waals surface area contributed by atoms with E-state index in [1.54, 1.807) is 0 Å². The molecule has 0 amide bonds. The second-order valence-electron chi connectivity index (χ2n) is 4.78. The third kappa shape index (κ3) is 2.92. The summed E-state index contributed by atoms with van der Waals surface area (Å²) >= 11 is 6.35. The molecule has 0 bridgehead atoms. The summed E-state index contributed by atoms with van der Waals surface area (Å²) in [5.41, 5.74) is 10.9. The number of nitrogens with two attached hydrogens (primary N) is 1. The summed E-state index contributed by atoms with van der Waals surface area (Å²) < 4.78 is 0. The summed E-state index contributed by atoms with van der Waals surface area (Å²) in [5, 5.41) is 0.795. The van der Waals surface area contributed by atoms with Gasteiger partial charge in [0.25, 0.3) is 0 Å². The Kier molecular flexibility index (Phi) is 4.05. The fourth-order valence-corrected chi connectivity index (χ4v) is 2.48. The zero-order chi connectivity index (χ0) is 13.1. The molecule has 1 atom stereocenters. The molecule has 0 spiro atoms. The summed E-state index contributed by atoms with van der Waals surface area (Å²) in [6, 6.07) is 14.4. The van der Waals surface area contributed by atoms with Gasteiger partial charge in [-0.05, 0) is 37.0 Å². The molecule has 0 aliphatic rings. The fraction of sp³-hybridized carbons (Fsp3) is 0.250. The largest absolute Gasteiger partial charge is 0.324 e. The third-order valence-electron chi connectivity index (χ3n) is 3.12. The lowest BCUT2D eigenvalue weighted by Crippen LogP contribution is -2.14. The van der Waals surface area contributed by atoms with Crippen molar-refractivity contribution in [2.24, 2.45) is 5.73 Å². The van der Waals surface area contributed by atoms with Gasteiger partial charge in [0.2, 0.25) is 0 Å². The van der Waals surface area contributed by atoms with E-state index in [1.807, 2.05) is 25.1 Å². The highest BCUT2D eigenvalue weighted by Crippen LogP contribution is 2.28. The van der Waals surface area contributed by atoms with Crippen LogP contribution in [0.15, 0.2) is 42.5 Å². The number of benzene rings is 2. The van der Waals surface area contributed by atoms with Crippen LogP contribution in [0.4, 0.5) is 0 Å². The number of hydrogen-bond acceptors (Lipinski definition) is 1. The molecule has 2 aromatic carbocycles. The van der Waals surface area contributed by atoms with Crippen molar-refractivity contribution < 1.29 is 0 Å². The Morgan fingerprint density at radius 2 is 1.78 bits per heavy atom. The van der Waals surface area contributed by atoms with E-state index in [0.29, 0.717) is 0 Å². The number of aryl methyl sites for hydroxylation is 2. The lowest BCUT2D eigenvalue weighted by atomic mass is 9.96. The van der Waals surface area contributed by atoms with E-state index in [2.05, 4.69) is 31.2 Å². The van der Waals surface area contributed by atoms with Crippen LogP contribution in [0.2, 0.25) is 5.02 Å². The molecule has 0 saturated carbocycles. The lowest BCUT2D eigenvalue weighted by molar-refractivity contribution is 0.720. The van der Waals surface area contributed by atoms with Crippen molar-refractivity contribution in [3.63, 3.8) is 0 Å². The molecule has 2 rings (SSSR count). The van der Waals surface area contributed by atoms with Crippen LogP contribution < -0.4 is 5.73 Å². The molecule has 0 aliphatic heterocycles.